The molecule has 6 rings (SSSR count). The minimum absolute atomic E-state index is 0.0199. The number of hydrogen-bond acceptors (Lipinski definition) is 9. The predicted molar refractivity (Wildman–Crippen MR) is 138 cm³/mol. The van der Waals surface area contributed by atoms with Crippen LogP contribution in [0.25, 0.3) is 16.9 Å². The van der Waals surface area contributed by atoms with E-state index >= 15 is 0 Å². The maximum Gasteiger partial charge on any atom is 0.255 e. The highest BCUT2D eigenvalue weighted by molar-refractivity contribution is 6.24. The number of hydrogen-bond donors (Lipinski definition) is 5. The van der Waals surface area contributed by atoms with Crippen LogP contribution in [0.5, 0.6) is 5.75 Å². The smallest absolute Gasteiger partial charge is 0.255 e. The van der Waals surface area contributed by atoms with E-state index in [1.54, 1.807) is 20.2 Å². The number of pyridine rings is 1. The van der Waals surface area contributed by atoms with Crippen LogP contribution in [-0.4, -0.2) is 77.9 Å². The number of nitrogens with zero attached hydrogens (tertiary/aromatic N) is 3. The molecule has 0 unspecified atom stereocenters. The minimum Gasteiger partial charge on any atom is -0.510 e. The fraction of sp³-hybridized carbons (Fsp3) is 0.286. The lowest BCUT2D eigenvalue weighted by atomic mass is 9.58. The predicted octanol–water partition coefficient (Wildman–Crippen LogP) is 1.44. The van der Waals surface area contributed by atoms with Crippen LogP contribution in [0, 0.1) is 11.8 Å². The summed E-state index contributed by atoms with van der Waals surface area (Å²) in [5.74, 6) is -6.80. The number of phenols is 1. The molecule has 39 heavy (non-hydrogen) atoms. The van der Waals surface area contributed by atoms with E-state index in [0.29, 0.717) is 22.5 Å². The summed E-state index contributed by atoms with van der Waals surface area (Å²) in [6, 6.07) is 7.55. The van der Waals surface area contributed by atoms with Gasteiger partial charge in [0, 0.05) is 29.4 Å². The molecule has 4 atom stereocenters. The van der Waals surface area contributed by atoms with Gasteiger partial charge < -0.3 is 30.6 Å². The zero-order valence-electron chi connectivity index (χ0n) is 21.1. The molecular formula is C28H26N4O7. The number of likely N-dealkylation sites (N-methyl/N-ethyl adjacent to an activating group) is 1. The first-order valence-corrected chi connectivity index (χ1v) is 12.4. The number of Topliss-reactive ketones (excluding diaryl/α,β-unsaturated/α-hetero) is 2. The van der Waals surface area contributed by atoms with Crippen LogP contribution < -0.4 is 5.73 Å². The van der Waals surface area contributed by atoms with Gasteiger partial charge in [-0.25, -0.2) is 4.98 Å². The van der Waals surface area contributed by atoms with Crippen molar-refractivity contribution >= 4 is 23.1 Å². The highest BCUT2D eigenvalue weighted by atomic mass is 16.3. The molecule has 11 nitrogen and oxygen atoms in total. The number of ketones is 2. The second-order valence-electron chi connectivity index (χ2n) is 10.5. The Labute approximate surface area is 222 Å². The number of aromatic nitrogens is 2. The molecule has 0 bridgehead atoms. The van der Waals surface area contributed by atoms with Crippen LogP contribution in [0.4, 0.5) is 0 Å². The molecule has 0 saturated heterocycles. The average molecular weight is 531 g/mol. The molecule has 0 saturated carbocycles. The van der Waals surface area contributed by atoms with Gasteiger partial charge in [0.15, 0.2) is 11.4 Å². The van der Waals surface area contributed by atoms with E-state index in [2.05, 4.69) is 4.98 Å². The molecule has 1 amide bonds. The van der Waals surface area contributed by atoms with E-state index in [1.807, 2.05) is 35.0 Å². The standard InChI is InChI=1S/C28H26N4O7/c1-31(2)22-15-10-12-9-14-13(16-11-32-8-4-3-5-18(32)30-16)6-7-17(33)20(14)23(34)19(12)25(36)28(15,39)26(37)21(24(22)35)27(29)38/h3-8,11-12,15,22,33,35-36,39H,9-10H2,1-2H3,(H2,29,38)/t12-,15-,22-,28-/m0/s1. The largest absolute Gasteiger partial charge is 0.510 e. The fourth-order valence-electron chi connectivity index (χ4n) is 6.56. The topological polar surface area (TPSA) is 179 Å². The van der Waals surface area contributed by atoms with Crippen molar-refractivity contribution in [3.05, 3.63) is 76.5 Å². The third-order valence-electron chi connectivity index (χ3n) is 8.25. The number of phenolic OH excluding ortho intramolecular Hbond substituents is 1. The number of aliphatic hydroxyl groups excluding tert-OH is 2. The van der Waals surface area contributed by atoms with Gasteiger partial charge in [-0.05, 0) is 62.7 Å². The Bertz CT molecular complexity index is 1650. The molecule has 3 aliphatic carbocycles. The van der Waals surface area contributed by atoms with Crippen molar-refractivity contribution < 1.29 is 34.8 Å². The number of aromatic hydroxyl groups is 1. The summed E-state index contributed by atoms with van der Waals surface area (Å²) in [5, 5.41) is 44.7. The molecule has 0 fully saturated rings. The third kappa shape index (κ3) is 3.23. The highest BCUT2D eigenvalue weighted by Gasteiger charge is 2.63. The van der Waals surface area contributed by atoms with Crippen LogP contribution in [0.2, 0.25) is 0 Å². The molecule has 0 spiro atoms. The van der Waals surface area contributed by atoms with Crippen LogP contribution >= 0.6 is 0 Å². The van der Waals surface area contributed by atoms with Gasteiger partial charge in [-0.15, -0.1) is 0 Å². The Morgan fingerprint density at radius 2 is 1.90 bits per heavy atom. The van der Waals surface area contributed by atoms with E-state index in [-0.39, 0.29) is 29.7 Å². The third-order valence-corrected chi connectivity index (χ3v) is 8.25. The number of benzene rings is 1. The molecule has 2 aromatic heterocycles. The molecule has 0 radical (unpaired) electrons. The maximum absolute atomic E-state index is 13.9. The van der Waals surface area contributed by atoms with Crippen molar-refractivity contribution in [1.29, 1.82) is 0 Å². The number of allylic oxidation sites excluding steroid dienone is 1. The van der Waals surface area contributed by atoms with Crippen molar-refractivity contribution in [3.63, 3.8) is 0 Å². The van der Waals surface area contributed by atoms with Gasteiger partial charge in [-0.3, -0.25) is 19.3 Å². The van der Waals surface area contributed by atoms with Crippen molar-refractivity contribution in [2.75, 3.05) is 14.1 Å². The number of aliphatic hydroxyl groups is 3. The van der Waals surface area contributed by atoms with Gasteiger partial charge in [0.1, 0.15) is 28.5 Å². The first-order valence-electron chi connectivity index (χ1n) is 12.4. The molecule has 3 aromatic rings. The highest BCUT2D eigenvalue weighted by Crippen LogP contribution is 2.53. The summed E-state index contributed by atoms with van der Waals surface area (Å²) in [6.45, 7) is 0. The summed E-state index contributed by atoms with van der Waals surface area (Å²) >= 11 is 0. The second-order valence-corrected chi connectivity index (χ2v) is 10.5. The number of amides is 1. The van der Waals surface area contributed by atoms with E-state index < -0.39 is 58.0 Å². The number of primary amides is 1. The first kappa shape index (κ1) is 24.8. The van der Waals surface area contributed by atoms with Gasteiger partial charge in [0.25, 0.3) is 5.91 Å². The Morgan fingerprint density at radius 1 is 1.15 bits per heavy atom. The molecule has 1 aromatic carbocycles. The normalized spacial score (nSPS) is 26.6. The van der Waals surface area contributed by atoms with Gasteiger partial charge in [-0.2, -0.15) is 0 Å². The quantitative estimate of drug-likeness (QED) is 0.313. The molecular weight excluding hydrogens is 504 g/mol. The molecule has 3 aliphatic rings. The van der Waals surface area contributed by atoms with E-state index in [4.69, 9.17) is 5.73 Å². The molecule has 11 heteroatoms. The lowest BCUT2D eigenvalue weighted by Crippen LogP contribution is -2.63. The Hall–Kier alpha value is -4.48. The van der Waals surface area contributed by atoms with Crippen molar-refractivity contribution in [3.8, 4) is 17.0 Å². The lowest BCUT2D eigenvalue weighted by Gasteiger charge is -2.50. The SMILES string of the molecule is CN(C)[C@@H]1C(O)=C(C(N)=O)C(=O)[C@@]2(O)C(O)=C3C(=O)c4c(O)ccc(-c5cn6ccccc6n5)c4C[C@H]3C[C@@H]12. The maximum atomic E-state index is 13.9. The van der Waals surface area contributed by atoms with Crippen LogP contribution in [0.15, 0.2) is 65.4 Å². The Balaban J connectivity index is 1.55. The van der Waals surface area contributed by atoms with E-state index in [1.165, 1.54) is 11.0 Å². The first-order chi connectivity index (χ1) is 18.5. The second kappa shape index (κ2) is 8.26. The molecule has 2 heterocycles. The van der Waals surface area contributed by atoms with Gasteiger partial charge >= 0.3 is 0 Å². The number of carbonyl (C=O) groups excluding carboxylic acids is 3. The molecule has 200 valence electrons. The van der Waals surface area contributed by atoms with Gasteiger partial charge in [0.2, 0.25) is 5.78 Å². The Kier molecular flexibility index (Phi) is 5.26. The van der Waals surface area contributed by atoms with Crippen molar-refractivity contribution in [2.45, 2.75) is 24.5 Å². The summed E-state index contributed by atoms with van der Waals surface area (Å²) in [7, 11) is 3.18. The van der Waals surface area contributed by atoms with E-state index in [0.717, 1.165) is 0 Å². The van der Waals surface area contributed by atoms with Crippen LogP contribution in [0.3, 0.4) is 0 Å². The van der Waals surface area contributed by atoms with Crippen LogP contribution in [-0.2, 0) is 16.0 Å². The monoisotopic (exact) mass is 530 g/mol. The molecule has 0 aliphatic heterocycles. The molecule has 6 N–H and O–H groups in total. The lowest BCUT2D eigenvalue weighted by molar-refractivity contribution is -0.148. The minimum atomic E-state index is -2.67. The fourth-order valence-corrected chi connectivity index (χ4v) is 6.56. The summed E-state index contributed by atoms with van der Waals surface area (Å²) in [6.07, 6.45) is 3.86. The zero-order valence-corrected chi connectivity index (χ0v) is 21.1. The zero-order chi connectivity index (χ0) is 28.0. The summed E-state index contributed by atoms with van der Waals surface area (Å²) < 4.78 is 1.83. The number of fused-ring (bicyclic) bond motifs is 4. The van der Waals surface area contributed by atoms with Crippen LogP contribution in [0.1, 0.15) is 22.3 Å². The number of carbonyl (C=O) groups is 3. The van der Waals surface area contributed by atoms with Gasteiger partial charge in [-0.1, -0.05) is 6.07 Å². The van der Waals surface area contributed by atoms with Gasteiger partial charge in [0.05, 0.1) is 17.3 Å². The van der Waals surface area contributed by atoms with Crippen molar-refractivity contribution in [1.82, 2.24) is 14.3 Å². The average Bonchev–Trinajstić information content (AvgIpc) is 3.30. The number of nitrogens with two attached hydrogens (primary N) is 1. The summed E-state index contributed by atoms with van der Waals surface area (Å²) in [4.78, 5) is 45.5. The Morgan fingerprint density at radius 3 is 2.56 bits per heavy atom. The summed E-state index contributed by atoms with van der Waals surface area (Å²) in [5.41, 5.74) is 4.05. The van der Waals surface area contributed by atoms with E-state index in [9.17, 15) is 34.8 Å². The van der Waals surface area contributed by atoms with Crippen molar-refractivity contribution in [2.24, 2.45) is 17.6 Å². The number of imidazole rings is 1. The number of rotatable bonds is 3.